The number of carboxylic acids is 1. The van der Waals surface area contributed by atoms with Crippen LogP contribution in [0.2, 0.25) is 0 Å². The normalized spacial score (nSPS) is 13.2. The molecule has 0 fully saturated rings. The molecule has 0 aromatic heterocycles. The van der Waals surface area contributed by atoms with Crippen LogP contribution in [0, 0.1) is 0 Å². The molecule has 1 N–H and O–H groups in total. The Kier molecular flexibility index (Phi) is 21.8. The van der Waals surface area contributed by atoms with Crippen molar-refractivity contribution in [3.63, 3.8) is 0 Å². The topological polar surface area (TPSA) is 60.4 Å². The van der Waals surface area contributed by atoms with Crippen LogP contribution in [0.15, 0.2) is 48.6 Å². The third-order valence-electron chi connectivity index (χ3n) is 3.31. The van der Waals surface area contributed by atoms with Crippen molar-refractivity contribution in [2.45, 2.75) is 70.8 Å². The third-order valence-corrected chi connectivity index (χ3v) is 3.31. The minimum absolute atomic E-state index is 0. The minimum Gasteiger partial charge on any atom is -0.550 e. The van der Waals surface area contributed by atoms with Crippen molar-refractivity contribution in [2.75, 3.05) is 0 Å². The quantitative estimate of drug-likeness (QED) is 0.220. The molecule has 3 nitrogen and oxygen atoms in total. The summed E-state index contributed by atoms with van der Waals surface area (Å²) in [4.78, 5) is 10.2. The minimum atomic E-state index is -1.07. The van der Waals surface area contributed by atoms with Gasteiger partial charge in [-0.1, -0.05) is 68.4 Å². The molecular formula is C20H31NaO3. The van der Waals surface area contributed by atoms with Crippen molar-refractivity contribution in [3.8, 4) is 0 Å². The Hall–Kier alpha value is -0.610. The molecule has 0 amide bonds. The summed E-state index contributed by atoms with van der Waals surface area (Å²) in [7, 11) is 0. The molecule has 0 aliphatic heterocycles. The number of hydrogen-bond acceptors (Lipinski definition) is 3. The smallest absolute Gasteiger partial charge is 0.550 e. The molecule has 4 heteroatoms. The van der Waals surface area contributed by atoms with E-state index < -0.39 is 12.1 Å². The monoisotopic (exact) mass is 342 g/mol. The van der Waals surface area contributed by atoms with Gasteiger partial charge >= 0.3 is 29.6 Å². The van der Waals surface area contributed by atoms with Gasteiger partial charge in [0.1, 0.15) is 0 Å². The summed E-state index contributed by atoms with van der Waals surface area (Å²) in [5.74, 6) is -1.07. The molecule has 1 atom stereocenters. The van der Waals surface area contributed by atoms with Crippen LogP contribution in [-0.2, 0) is 4.79 Å². The van der Waals surface area contributed by atoms with Crippen molar-refractivity contribution in [2.24, 2.45) is 0 Å². The van der Waals surface area contributed by atoms with Crippen LogP contribution < -0.4 is 34.7 Å². The molecule has 0 heterocycles. The number of carbonyl (C=O) groups excluding carboxylic acids is 1. The standard InChI is InChI=1S/C20H32O3.Na/c1-2-3-4-5-6-7-8-9-10-11-12-13-14-16-19(21)17-15-18-20(22)23;/h6-7,9-10,12-14,16,19,21H,2-5,8,11,15,17-18H2,1H3,(H,22,23);/q;+1/p-1/b7-6-,10-9-,13-12-,16-14+;/t19-;/m0./s1. The van der Waals surface area contributed by atoms with Gasteiger partial charge in [-0.15, -0.1) is 0 Å². The van der Waals surface area contributed by atoms with Crippen molar-refractivity contribution in [3.05, 3.63) is 48.6 Å². The predicted octanol–water partition coefficient (Wildman–Crippen LogP) is 0.857. The van der Waals surface area contributed by atoms with Gasteiger partial charge in [0.2, 0.25) is 0 Å². The molecule has 0 aliphatic carbocycles. The zero-order valence-electron chi connectivity index (χ0n) is 15.3. The molecule has 0 bridgehead atoms. The number of carbonyl (C=O) groups is 1. The van der Waals surface area contributed by atoms with Crippen LogP contribution in [0.5, 0.6) is 0 Å². The first-order valence-electron chi connectivity index (χ1n) is 8.68. The summed E-state index contributed by atoms with van der Waals surface area (Å²) in [6.07, 6.45) is 23.3. The van der Waals surface area contributed by atoms with E-state index in [1.807, 2.05) is 12.2 Å². The Morgan fingerprint density at radius 3 is 2.33 bits per heavy atom. The molecule has 0 aliphatic rings. The van der Waals surface area contributed by atoms with Crippen molar-refractivity contribution in [1.29, 1.82) is 0 Å². The Morgan fingerprint density at radius 2 is 1.67 bits per heavy atom. The van der Waals surface area contributed by atoms with Crippen LogP contribution in [0.25, 0.3) is 0 Å². The van der Waals surface area contributed by atoms with E-state index in [-0.39, 0.29) is 36.0 Å². The summed E-state index contributed by atoms with van der Waals surface area (Å²) < 4.78 is 0. The molecule has 0 radical (unpaired) electrons. The number of aliphatic hydroxyl groups is 1. The van der Waals surface area contributed by atoms with Gasteiger partial charge in [0.15, 0.2) is 0 Å². The maximum absolute atomic E-state index is 10.2. The van der Waals surface area contributed by atoms with Crippen LogP contribution in [0.4, 0.5) is 0 Å². The zero-order valence-corrected chi connectivity index (χ0v) is 17.3. The maximum atomic E-state index is 10.2. The molecule has 0 saturated heterocycles. The molecule has 0 aromatic rings. The fourth-order valence-electron chi connectivity index (χ4n) is 1.98. The zero-order chi connectivity index (χ0) is 17.2. The summed E-state index contributed by atoms with van der Waals surface area (Å²) in [5, 5.41) is 19.8. The van der Waals surface area contributed by atoms with E-state index >= 15 is 0 Å². The molecule has 0 saturated carbocycles. The first-order chi connectivity index (χ1) is 11.2. The number of unbranched alkanes of at least 4 members (excludes halogenated alkanes) is 3. The van der Waals surface area contributed by atoms with Crippen molar-refractivity contribution < 1.29 is 44.6 Å². The predicted molar refractivity (Wildman–Crippen MR) is 94.8 cm³/mol. The van der Waals surface area contributed by atoms with Crippen LogP contribution in [-0.4, -0.2) is 17.2 Å². The van der Waals surface area contributed by atoms with Crippen molar-refractivity contribution in [1.82, 2.24) is 0 Å². The number of rotatable bonds is 14. The van der Waals surface area contributed by atoms with E-state index in [9.17, 15) is 15.0 Å². The second-order valence-electron chi connectivity index (χ2n) is 5.55. The SMILES string of the molecule is CCCCC/C=C\C/C=C\C/C=C\C=C\[C@H](O)CCCC(=O)[O-].[Na+]. The van der Waals surface area contributed by atoms with Gasteiger partial charge in [-0.25, -0.2) is 0 Å². The number of allylic oxidation sites excluding steroid dienone is 7. The van der Waals surface area contributed by atoms with Crippen molar-refractivity contribution >= 4 is 5.97 Å². The molecular weight excluding hydrogens is 311 g/mol. The van der Waals surface area contributed by atoms with Crippen LogP contribution in [0.3, 0.4) is 0 Å². The van der Waals surface area contributed by atoms with E-state index in [0.717, 1.165) is 12.8 Å². The van der Waals surface area contributed by atoms with Crippen LogP contribution in [0.1, 0.15) is 64.7 Å². The number of aliphatic hydroxyl groups excluding tert-OH is 1. The number of carboxylic acid groups (broad SMARTS) is 1. The first-order valence-corrected chi connectivity index (χ1v) is 8.68. The average Bonchev–Trinajstić information content (AvgIpc) is 2.51. The Balaban J connectivity index is 0. The summed E-state index contributed by atoms with van der Waals surface area (Å²) in [6, 6.07) is 0. The molecule has 0 aromatic carbocycles. The van der Waals surface area contributed by atoms with Gasteiger partial charge in [-0.3, -0.25) is 0 Å². The Bertz CT molecular complexity index is 398. The van der Waals surface area contributed by atoms with Gasteiger partial charge in [0.25, 0.3) is 0 Å². The van der Waals surface area contributed by atoms with Gasteiger partial charge in [0, 0.05) is 5.97 Å². The first kappa shape index (κ1) is 25.6. The van der Waals surface area contributed by atoms with Gasteiger partial charge < -0.3 is 15.0 Å². The summed E-state index contributed by atoms with van der Waals surface area (Å²) >= 11 is 0. The maximum Gasteiger partial charge on any atom is 1.00 e. The molecule has 0 spiro atoms. The molecule has 130 valence electrons. The average molecular weight is 342 g/mol. The second-order valence-corrected chi connectivity index (χ2v) is 5.55. The van der Waals surface area contributed by atoms with Gasteiger partial charge in [0.05, 0.1) is 6.10 Å². The summed E-state index contributed by atoms with van der Waals surface area (Å²) in [5.41, 5.74) is 0. The fourth-order valence-corrected chi connectivity index (χ4v) is 1.98. The molecule has 24 heavy (non-hydrogen) atoms. The summed E-state index contributed by atoms with van der Waals surface area (Å²) in [6.45, 7) is 2.22. The Labute approximate surface area is 169 Å². The van der Waals surface area contributed by atoms with Gasteiger partial charge in [-0.2, -0.15) is 0 Å². The largest absolute Gasteiger partial charge is 1.00 e. The number of hydrogen-bond donors (Lipinski definition) is 1. The van der Waals surface area contributed by atoms with E-state index in [2.05, 4.69) is 31.2 Å². The van der Waals surface area contributed by atoms with E-state index in [4.69, 9.17) is 0 Å². The Morgan fingerprint density at radius 1 is 1.00 bits per heavy atom. The van der Waals surface area contributed by atoms with Gasteiger partial charge in [-0.05, 0) is 44.9 Å². The number of aliphatic carboxylic acids is 1. The van der Waals surface area contributed by atoms with E-state index in [1.54, 1.807) is 12.2 Å². The molecule has 0 rings (SSSR count). The third kappa shape index (κ3) is 21.4. The van der Waals surface area contributed by atoms with Crippen LogP contribution >= 0.6 is 0 Å². The van der Waals surface area contributed by atoms with E-state index in [1.165, 1.54) is 25.7 Å². The molecule has 0 unspecified atom stereocenters. The van der Waals surface area contributed by atoms with E-state index in [0.29, 0.717) is 12.8 Å². The fraction of sp³-hybridized carbons (Fsp3) is 0.550. The second kappa shape index (κ2) is 20.4.